The lowest BCUT2D eigenvalue weighted by molar-refractivity contribution is 0.0704. The van der Waals surface area contributed by atoms with Crippen LogP contribution in [0.2, 0.25) is 5.02 Å². The number of piperidine rings is 1. The lowest BCUT2D eigenvalue weighted by atomic mass is 9.86. The maximum absolute atomic E-state index is 12.9. The molecule has 3 aromatic rings. The van der Waals surface area contributed by atoms with Crippen molar-refractivity contribution in [2.75, 3.05) is 13.1 Å². The highest BCUT2D eigenvalue weighted by atomic mass is 35.5. The molecule has 0 bridgehead atoms. The summed E-state index contributed by atoms with van der Waals surface area (Å²) in [4.78, 5) is 19.4. The molecule has 4 rings (SSSR count). The molecule has 0 saturated carbocycles. The lowest BCUT2D eigenvalue weighted by Crippen LogP contribution is -2.38. The molecule has 0 radical (unpaired) electrons. The minimum atomic E-state index is 0.0773. The smallest absolute Gasteiger partial charge is 0.253 e. The van der Waals surface area contributed by atoms with E-state index in [0.29, 0.717) is 29.8 Å². The molecule has 0 N–H and O–H groups in total. The van der Waals surface area contributed by atoms with E-state index in [0.717, 1.165) is 24.0 Å². The van der Waals surface area contributed by atoms with Gasteiger partial charge in [-0.25, -0.2) is 0 Å². The van der Waals surface area contributed by atoms with Gasteiger partial charge in [0.15, 0.2) is 0 Å². The summed E-state index contributed by atoms with van der Waals surface area (Å²) in [5, 5.41) is 4.75. The molecule has 1 aliphatic rings. The molecule has 2 aromatic carbocycles. The van der Waals surface area contributed by atoms with E-state index in [1.807, 2.05) is 41.3 Å². The van der Waals surface area contributed by atoms with E-state index in [-0.39, 0.29) is 17.2 Å². The third kappa shape index (κ3) is 4.41. The van der Waals surface area contributed by atoms with Crippen LogP contribution in [0.1, 0.15) is 61.3 Å². The summed E-state index contributed by atoms with van der Waals surface area (Å²) >= 11 is 6.05. The molecular weight excluding hydrogens is 398 g/mol. The Bertz CT molecular complexity index is 1030. The van der Waals surface area contributed by atoms with Gasteiger partial charge >= 0.3 is 0 Å². The average molecular weight is 424 g/mol. The first kappa shape index (κ1) is 20.6. The molecule has 6 heteroatoms. The number of halogens is 1. The van der Waals surface area contributed by atoms with Crippen LogP contribution >= 0.6 is 11.6 Å². The number of amides is 1. The summed E-state index contributed by atoms with van der Waals surface area (Å²) in [7, 11) is 0. The minimum absolute atomic E-state index is 0.0773. The fourth-order valence-electron chi connectivity index (χ4n) is 3.77. The topological polar surface area (TPSA) is 59.2 Å². The maximum atomic E-state index is 12.9. The fourth-order valence-corrected chi connectivity index (χ4v) is 3.96. The Morgan fingerprint density at radius 3 is 2.43 bits per heavy atom. The van der Waals surface area contributed by atoms with Crippen LogP contribution in [-0.2, 0) is 5.41 Å². The molecule has 5 nitrogen and oxygen atoms in total. The lowest BCUT2D eigenvalue weighted by Gasteiger charge is -2.30. The van der Waals surface area contributed by atoms with Crippen LogP contribution in [0.15, 0.2) is 53.1 Å². The number of benzene rings is 2. The van der Waals surface area contributed by atoms with Crippen LogP contribution in [0.25, 0.3) is 11.4 Å². The zero-order valence-electron chi connectivity index (χ0n) is 17.6. The van der Waals surface area contributed by atoms with Gasteiger partial charge in [0.25, 0.3) is 5.91 Å². The summed E-state index contributed by atoms with van der Waals surface area (Å²) in [5.41, 5.74) is 2.88. The molecular formula is C24H26ClN3O2. The minimum Gasteiger partial charge on any atom is -0.339 e. The van der Waals surface area contributed by atoms with E-state index < -0.39 is 0 Å². The molecule has 1 fully saturated rings. The summed E-state index contributed by atoms with van der Waals surface area (Å²) in [5.74, 6) is 1.42. The van der Waals surface area contributed by atoms with Crippen LogP contribution in [0.4, 0.5) is 0 Å². The number of hydrogen-bond donors (Lipinski definition) is 0. The van der Waals surface area contributed by atoms with Gasteiger partial charge in [0.2, 0.25) is 11.7 Å². The van der Waals surface area contributed by atoms with Crippen molar-refractivity contribution in [2.24, 2.45) is 0 Å². The Labute approximate surface area is 182 Å². The highest BCUT2D eigenvalue weighted by molar-refractivity contribution is 6.30. The SMILES string of the molecule is CC(C)(C)c1ccc(C(=O)N2CCC(c3nc(-c4cccc(Cl)c4)no3)CC2)cc1. The highest BCUT2D eigenvalue weighted by Gasteiger charge is 2.28. The molecule has 1 aliphatic heterocycles. The van der Waals surface area contributed by atoms with E-state index in [4.69, 9.17) is 16.1 Å². The predicted octanol–water partition coefficient (Wildman–Crippen LogP) is 5.71. The van der Waals surface area contributed by atoms with Gasteiger partial charge in [0, 0.05) is 35.2 Å². The molecule has 156 valence electrons. The Morgan fingerprint density at radius 1 is 1.10 bits per heavy atom. The van der Waals surface area contributed by atoms with Gasteiger partial charge in [-0.15, -0.1) is 0 Å². The fraction of sp³-hybridized carbons (Fsp3) is 0.375. The van der Waals surface area contributed by atoms with E-state index in [1.54, 1.807) is 0 Å². The molecule has 1 aromatic heterocycles. The van der Waals surface area contributed by atoms with Crippen molar-refractivity contribution in [3.63, 3.8) is 0 Å². The Morgan fingerprint density at radius 2 is 1.80 bits per heavy atom. The first-order valence-electron chi connectivity index (χ1n) is 10.3. The second-order valence-corrected chi connectivity index (χ2v) is 9.30. The maximum Gasteiger partial charge on any atom is 0.253 e. The van der Waals surface area contributed by atoms with Gasteiger partial charge in [-0.05, 0) is 48.1 Å². The molecule has 1 saturated heterocycles. The van der Waals surface area contributed by atoms with Crippen LogP contribution in [-0.4, -0.2) is 34.0 Å². The Balaban J connectivity index is 1.39. The number of aromatic nitrogens is 2. The van der Waals surface area contributed by atoms with Crippen LogP contribution in [0.5, 0.6) is 0 Å². The highest BCUT2D eigenvalue weighted by Crippen LogP contribution is 2.30. The average Bonchev–Trinajstić information content (AvgIpc) is 3.23. The van der Waals surface area contributed by atoms with E-state index in [9.17, 15) is 4.79 Å². The third-order valence-electron chi connectivity index (χ3n) is 5.65. The van der Waals surface area contributed by atoms with Gasteiger partial charge in [-0.1, -0.05) is 61.8 Å². The largest absolute Gasteiger partial charge is 0.339 e. The second kappa shape index (κ2) is 8.23. The first-order chi connectivity index (χ1) is 14.3. The van der Waals surface area contributed by atoms with Gasteiger partial charge in [0.1, 0.15) is 0 Å². The molecule has 2 heterocycles. The van der Waals surface area contributed by atoms with Crippen molar-refractivity contribution in [3.05, 3.63) is 70.6 Å². The molecule has 0 spiro atoms. The van der Waals surface area contributed by atoms with Gasteiger partial charge in [-0.3, -0.25) is 4.79 Å². The van der Waals surface area contributed by atoms with Gasteiger partial charge in [-0.2, -0.15) is 4.98 Å². The molecule has 0 atom stereocenters. The van der Waals surface area contributed by atoms with E-state index in [1.165, 1.54) is 5.56 Å². The Kier molecular flexibility index (Phi) is 5.65. The molecule has 0 aliphatic carbocycles. The Hall–Kier alpha value is -2.66. The zero-order chi connectivity index (χ0) is 21.3. The summed E-state index contributed by atoms with van der Waals surface area (Å²) in [6.07, 6.45) is 1.62. The van der Waals surface area contributed by atoms with Crippen molar-refractivity contribution in [1.82, 2.24) is 15.0 Å². The molecule has 1 amide bonds. The molecule has 0 unspecified atom stereocenters. The van der Waals surface area contributed by atoms with Gasteiger partial charge in [0.05, 0.1) is 0 Å². The number of carbonyl (C=O) groups is 1. The van der Waals surface area contributed by atoms with Crippen molar-refractivity contribution in [2.45, 2.75) is 44.9 Å². The third-order valence-corrected chi connectivity index (χ3v) is 5.89. The molecule has 30 heavy (non-hydrogen) atoms. The van der Waals surface area contributed by atoms with Crippen LogP contribution in [0.3, 0.4) is 0 Å². The standard InChI is InChI=1S/C24H26ClN3O2/c1-24(2,3)19-9-7-17(8-10-19)23(29)28-13-11-16(12-14-28)22-26-21(27-30-22)18-5-4-6-20(25)15-18/h4-10,15-16H,11-14H2,1-3H3. The predicted molar refractivity (Wildman–Crippen MR) is 118 cm³/mol. The number of nitrogens with zero attached hydrogens (tertiary/aromatic N) is 3. The zero-order valence-corrected chi connectivity index (χ0v) is 18.3. The van der Waals surface area contributed by atoms with Crippen molar-refractivity contribution in [1.29, 1.82) is 0 Å². The quantitative estimate of drug-likeness (QED) is 0.541. The van der Waals surface area contributed by atoms with Crippen molar-refractivity contribution < 1.29 is 9.32 Å². The van der Waals surface area contributed by atoms with E-state index >= 15 is 0 Å². The second-order valence-electron chi connectivity index (χ2n) is 8.86. The number of hydrogen-bond acceptors (Lipinski definition) is 4. The summed E-state index contributed by atoms with van der Waals surface area (Å²) in [6.45, 7) is 7.87. The number of likely N-dealkylation sites (tertiary alicyclic amines) is 1. The van der Waals surface area contributed by atoms with Gasteiger partial charge < -0.3 is 9.42 Å². The summed E-state index contributed by atoms with van der Waals surface area (Å²) < 4.78 is 5.52. The van der Waals surface area contributed by atoms with Crippen LogP contribution < -0.4 is 0 Å². The van der Waals surface area contributed by atoms with Crippen molar-refractivity contribution >= 4 is 17.5 Å². The number of carbonyl (C=O) groups excluding carboxylic acids is 1. The van der Waals surface area contributed by atoms with E-state index in [2.05, 4.69) is 43.0 Å². The van der Waals surface area contributed by atoms with Crippen molar-refractivity contribution in [3.8, 4) is 11.4 Å². The number of rotatable bonds is 3. The summed E-state index contributed by atoms with van der Waals surface area (Å²) in [6, 6.07) is 15.4. The van der Waals surface area contributed by atoms with Crippen LogP contribution in [0, 0.1) is 0 Å². The monoisotopic (exact) mass is 423 g/mol. The normalized spacial score (nSPS) is 15.4. The first-order valence-corrected chi connectivity index (χ1v) is 10.7.